The summed E-state index contributed by atoms with van der Waals surface area (Å²) in [5.41, 5.74) is 1.62. The number of halogens is 2. The van der Waals surface area contributed by atoms with E-state index in [-0.39, 0.29) is 24.8 Å². The van der Waals surface area contributed by atoms with Crippen LogP contribution in [0.2, 0.25) is 25.7 Å². The van der Waals surface area contributed by atoms with Gasteiger partial charge in [-0.15, -0.1) is 24.8 Å². The van der Waals surface area contributed by atoms with Crippen LogP contribution in [0.5, 0.6) is 0 Å². The number of rotatable bonds is 2. The molecule has 0 spiro atoms. The van der Waals surface area contributed by atoms with Crippen LogP contribution in [0.15, 0.2) is 21.1 Å². The SMILES string of the molecule is C[Si](C)(C)CC1=CC[C]([Hf])=C1.Cl.Cl. The van der Waals surface area contributed by atoms with Crippen molar-refractivity contribution < 1.29 is 24.4 Å². The monoisotopic (exact) mass is 403 g/mol. The molecule has 0 aromatic carbocycles. The summed E-state index contributed by atoms with van der Waals surface area (Å²) in [5.74, 6) is 0. The first-order valence-electron chi connectivity index (χ1n) is 4.08. The van der Waals surface area contributed by atoms with Gasteiger partial charge >= 0.3 is 85.6 Å². The van der Waals surface area contributed by atoms with Crippen LogP contribution in [0.1, 0.15) is 6.42 Å². The molecule has 4 heteroatoms. The molecule has 1 aliphatic rings. The molecule has 75 valence electrons. The zero-order valence-corrected chi connectivity index (χ0v) is 14.6. The summed E-state index contributed by atoms with van der Waals surface area (Å²) in [6.07, 6.45) is 6.09. The topological polar surface area (TPSA) is 0 Å². The van der Waals surface area contributed by atoms with E-state index >= 15 is 0 Å². The quantitative estimate of drug-likeness (QED) is 0.614. The van der Waals surface area contributed by atoms with E-state index in [9.17, 15) is 0 Å². The van der Waals surface area contributed by atoms with Crippen molar-refractivity contribution in [2.45, 2.75) is 32.1 Å². The van der Waals surface area contributed by atoms with E-state index in [1.807, 2.05) is 0 Å². The fourth-order valence-corrected chi connectivity index (χ4v) is 3.82. The maximum atomic E-state index is 2.44. The first-order valence-corrected chi connectivity index (χ1v) is 9.59. The summed E-state index contributed by atoms with van der Waals surface area (Å²) in [6.45, 7) is 7.31. The van der Waals surface area contributed by atoms with Crippen molar-refractivity contribution in [2.24, 2.45) is 0 Å². The molecular formula is C9H17Cl2HfSi. The van der Waals surface area contributed by atoms with Crippen LogP contribution in [-0.2, 0) is 24.4 Å². The Labute approximate surface area is 110 Å². The molecule has 0 fully saturated rings. The van der Waals surface area contributed by atoms with Crippen LogP contribution in [0.3, 0.4) is 0 Å². The molecule has 0 aliphatic heterocycles. The second-order valence-corrected chi connectivity index (χ2v) is 12.2. The van der Waals surface area contributed by atoms with Gasteiger partial charge < -0.3 is 0 Å². The molecule has 0 unspecified atom stereocenters. The third-order valence-corrected chi connectivity index (χ3v) is 4.40. The van der Waals surface area contributed by atoms with Crippen molar-refractivity contribution in [1.82, 2.24) is 0 Å². The average molecular weight is 403 g/mol. The maximum Gasteiger partial charge on any atom is -0.147 e. The molecule has 0 N–H and O–H groups in total. The first kappa shape index (κ1) is 16.6. The molecule has 0 heterocycles. The minimum absolute atomic E-state index is 0. The first-order chi connectivity index (χ1) is 4.97. The molecule has 0 aromatic heterocycles. The molecule has 13 heavy (non-hydrogen) atoms. The molecule has 1 aliphatic carbocycles. The van der Waals surface area contributed by atoms with Crippen LogP contribution >= 0.6 is 24.8 Å². The molecule has 0 aromatic rings. The minimum Gasteiger partial charge on any atom is -0.147 e. The van der Waals surface area contributed by atoms with Gasteiger partial charge in [0.25, 0.3) is 0 Å². The van der Waals surface area contributed by atoms with E-state index in [2.05, 4.69) is 31.8 Å². The third kappa shape index (κ3) is 7.12. The second-order valence-electron chi connectivity index (χ2n) is 4.39. The fraction of sp³-hybridized carbons (Fsp3) is 0.556. The smallest absolute Gasteiger partial charge is 0.147 e. The average Bonchev–Trinajstić information content (AvgIpc) is 2.10. The third-order valence-electron chi connectivity index (χ3n) is 1.68. The van der Waals surface area contributed by atoms with Crippen LogP contribution in [0.4, 0.5) is 0 Å². The van der Waals surface area contributed by atoms with Gasteiger partial charge in [0.05, 0.1) is 0 Å². The zero-order chi connectivity index (χ0) is 8.48. The summed E-state index contributed by atoms with van der Waals surface area (Å²) in [5, 5.41) is 0. The van der Waals surface area contributed by atoms with Crippen LogP contribution in [0, 0.1) is 0 Å². The summed E-state index contributed by atoms with van der Waals surface area (Å²) in [7, 11) is -0.849. The Morgan fingerprint density at radius 2 is 1.85 bits per heavy atom. The normalized spacial score (nSPS) is 15.2. The van der Waals surface area contributed by atoms with Crippen LogP contribution in [-0.4, -0.2) is 8.07 Å². The van der Waals surface area contributed by atoms with E-state index in [4.69, 9.17) is 0 Å². The molecule has 0 atom stereocenters. The maximum absolute atomic E-state index is 2.44. The van der Waals surface area contributed by atoms with E-state index in [1.54, 1.807) is 8.90 Å². The fourth-order valence-electron chi connectivity index (χ4n) is 1.32. The largest absolute Gasteiger partial charge is 0.147 e. The second kappa shape index (κ2) is 6.60. The van der Waals surface area contributed by atoms with E-state index < -0.39 is 8.07 Å². The van der Waals surface area contributed by atoms with E-state index in [0.29, 0.717) is 0 Å². The van der Waals surface area contributed by atoms with Gasteiger partial charge in [-0.3, -0.25) is 0 Å². The Kier molecular flexibility index (Phi) is 8.41. The van der Waals surface area contributed by atoms with Crippen LogP contribution < -0.4 is 0 Å². The Morgan fingerprint density at radius 3 is 2.15 bits per heavy atom. The van der Waals surface area contributed by atoms with Gasteiger partial charge in [0.1, 0.15) is 0 Å². The number of allylic oxidation sites excluding steroid dienone is 4. The predicted octanol–water partition coefficient (Wildman–Crippen LogP) is 3.93. The molecule has 0 radical (unpaired) electrons. The van der Waals surface area contributed by atoms with Crippen molar-refractivity contribution in [3.63, 3.8) is 0 Å². The Balaban J connectivity index is 0. The summed E-state index contributed by atoms with van der Waals surface area (Å²) >= 11 is 1.26. The van der Waals surface area contributed by atoms with Gasteiger partial charge in [0, 0.05) is 0 Å². The molecule has 0 nitrogen and oxygen atoms in total. The molecular weight excluding hydrogens is 386 g/mol. The van der Waals surface area contributed by atoms with Crippen molar-refractivity contribution in [3.05, 3.63) is 21.1 Å². The van der Waals surface area contributed by atoms with Gasteiger partial charge in [-0.25, -0.2) is 0 Å². The summed E-state index contributed by atoms with van der Waals surface area (Å²) < 4.78 is 1.67. The van der Waals surface area contributed by atoms with Crippen molar-refractivity contribution in [3.8, 4) is 0 Å². The van der Waals surface area contributed by atoms with Gasteiger partial charge in [-0.1, -0.05) is 0 Å². The van der Waals surface area contributed by atoms with Crippen molar-refractivity contribution in [2.75, 3.05) is 0 Å². The zero-order valence-electron chi connectivity index (χ0n) is 8.39. The predicted molar refractivity (Wildman–Crippen MR) is 63.4 cm³/mol. The standard InChI is InChI=1S/C9H15Si.2ClH.Hf/c1-10(2,3)8-9-6-4-5-7-9;;;/h6-7H,4,8H2,1-3H3;2*1H;. The Hall–Kier alpha value is 1.15. The van der Waals surface area contributed by atoms with Crippen LogP contribution in [0.25, 0.3) is 0 Å². The van der Waals surface area contributed by atoms with Gasteiger partial charge in [-0.2, -0.15) is 0 Å². The van der Waals surface area contributed by atoms with Crippen molar-refractivity contribution >= 4 is 32.9 Å². The summed E-state index contributed by atoms with van der Waals surface area (Å²) in [4.78, 5) is 0. The molecule has 0 saturated heterocycles. The van der Waals surface area contributed by atoms with Gasteiger partial charge in [0.2, 0.25) is 0 Å². The minimum atomic E-state index is -0.849. The Morgan fingerprint density at radius 1 is 1.31 bits per heavy atom. The van der Waals surface area contributed by atoms with E-state index in [0.717, 1.165) is 0 Å². The van der Waals surface area contributed by atoms with Crippen molar-refractivity contribution in [1.29, 1.82) is 0 Å². The molecule has 0 bridgehead atoms. The number of hydrogen-bond donors (Lipinski definition) is 0. The van der Waals surface area contributed by atoms with E-state index in [1.165, 1.54) is 36.8 Å². The molecule has 0 amide bonds. The number of hydrogen-bond acceptors (Lipinski definition) is 0. The molecule has 0 saturated carbocycles. The summed E-state index contributed by atoms with van der Waals surface area (Å²) in [6, 6.07) is 1.37. The Bertz CT molecular complexity index is 216. The van der Waals surface area contributed by atoms with Gasteiger partial charge in [0.15, 0.2) is 0 Å². The van der Waals surface area contributed by atoms with Gasteiger partial charge in [-0.05, 0) is 0 Å². The molecule has 1 rings (SSSR count).